The second-order valence-electron chi connectivity index (χ2n) is 3.39. The predicted octanol–water partition coefficient (Wildman–Crippen LogP) is 2.63. The van der Waals surface area contributed by atoms with E-state index in [0.717, 1.165) is 12.1 Å². The van der Waals surface area contributed by atoms with E-state index in [1.54, 1.807) is 0 Å². The Labute approximate surface area is 102 Å². The lowest BCUT2D eigenvalue weighted by Crippen LogP contribution is -2.19. The lowest BCUT2D eigenvalue weighted by atomic mass is 10.1. The van der Waals surface area contributed by atoms with Gasteiger partial charge in [0, 0.05) is 12.6 Å². The van der Waals surface area contributed by atoms with Crippen molar-refractivity contribution in [2.45, 2.75) is 6.18 Å². The number of carbonyl (C=O) groups excluding carboxylic acids is 1. The molecule has 0 radical (unpaired) electrons. The summed E-state index contributed by atoms with van der Waals surface area (Å²) in [4.78, 5) is 11.3. The summed E-state index contributed by atoms with van der Waals surface area (Å²) < 4.78 is 43.3. The van der Waals surface area contributed by atoms with Crippen LogP contribution in [0.25, 0.3) is 0 Å². The first-order valence-electron chi connectivity index (χ1n) is 5.07. The van der Waals surface area contributed by atoms with Gasteiger partial charge in [0.05, 0.1) is 5.56 Å². The third kappa shape index (κ3) is 3.26. The van der Waals surface area contributed by atoms with Gasteiger partial charge in [-0.15, -0.1) is 0 Å². The number of rotatable bonds is 4. The summed E-state index contributed by atoms with van der Waals surface area (Å²) in [5.74, 6) is -0.911. The number of carbonyl (C=O) groups is 1. The quantitative estimate of drug-likeness (QED) is 0.844. The van der Waals surface area contributed by atoms with Gasteiger partial charge in [-0.2, -0.15) is 13.2 Å². The van der Waals surface area contributed by atoms with Crippen molar-refractivity contribution in [3.63, 3.8) is 0 Å². The zero-order chi connectivity index (χ0) is 13.8. The number of benzene rings is 1. The fraction of sp³-hybridized carbons (Fsp3) is 0.250. The summed E-state index contributed by atoms with van der Waals surface area (Å²) >= 11 is 0. The molecule has 0 spiro atoms. The molecular formula is C12H12F3NO2. The van der Waals surface area contributed by atoms with Gasteiger partial charge in [0.1, 0.15) is 12.4 Å². The van der Waals surface area contributed by atoms with Gasteiger partial charge in [0.15, 0.2) is 0 Å². The number of halogens is 3. The standard InChI is InChI=1S/C12H12F3NO2/c1-3-6-18-10-5-4-8(11(17)16-2)7-9(10)12(13,14)15/h3-5,7H,1,6H2,2H3,(H,16,17). The largest absolute Gasteiger partial charge is 0.489 e. The van der Waals surface area contributed by atoms with Crippen LogP contribution in [0.2, 0.25) is 0 Å². The molecule has 0 atom stereocenters. The zero-order valence-electron chi connectivity index (χ0n) is 9.67. The highest BCUT2D eigenvalue weighted by atomic mass is 19.4. The number of amides is 1. The minimum atomic E-state index is -4.58. The van der Waals surface area contributed by atoms with Crippen LogP contribution in [0.5, 0.6) is 5.75 Å². The van der Waals surface area contributed by atoms with Crippen molar-refractivity contribution >= 4 is 5.91 Å². The van der Waals surface area contributed by atoms with Gasteiger partial charge >= 0.3 is 6.18 Å². The molecule has 0 fully saturated rings. The Kier molecular flexibility index (Phi) is 4.36. The van der Waals surface area contributed by atoms with Gasteiger partial charge < -0.3 is 10.1 Å². The van der Waals surface area contributed by atoms with E-state index in [4.69, 9.17) is 4.74 Å². The fourth-order valence-corrected chi connectivity index (χ4v) is 1.31. The number of hydrogen-bond acceptors (Lipinski definition) is 2. The van der Waals surface area contributed by atoms with Crippen LogP contribution in [-0.2, 0) is 6.18 Å². The van der Waals surface area contributed by atoms with Crippen LogP contribution in [0.4, 0.5) is 13.2 Å². The average Bonchev–Trinajstić information content (AvgIpc) is 2.34. The Balaban J connectivity index is 3.20. The summed E-state index contributed by atoms with van der Waals surface area (Å²) in [5.41, 5.74) is -1.05. The number of nitrogens with one attached hydrogen (secondary N) is 1. The molecular weight excluding hydrogens is 247 g/mol. The highest BCUT2D eigenvalue weighted by molar-refractivity contribution is 5.94. The summed E-state index contributed by atoms with van der Waals surface area (Å²) in [6.07, 6.45) is -3.24. The molecule has 0 saturated heterocycles. The monoisotopic (exact) mass is 259 g/mol. The normalized spacial score (nSPS) is 10.9. The van der Waals surface area contributed by atoms with Crippen LogP contribution in [0.15, 0.2) is 30.9 Å². The van der Waals surface area contributed by atoms with E-state index in [2.05, 4.69) is 11.9 Å². The molecule has 1 amide bonds. The van der Waals surface area contributed by atoms with Crippen LogP contribution in [0.1, 0.15) is 15.9 Å². The molecule has 98 valence electrons. The maximum Gasteiger partial charge on any atom is 0.419 e. The third-order valence-corrected chi connectivity index (χ3v) is 2.13. The molecule has 1 rings (SSSR count). The maximum atomic E-state index is 12.8. The van der Waals surface area contributed by atoms with Crippen LogP contribution >= 0.6 is 0 Å². The SMILES string of the molecule is C=CCOc1ccc(C(=O)NC)cc1C(F)(F)F. The summed E-state index contributed by atoms with van der Waals surface area (Å²) in [5, 5.41) is 2.26. The van der Waals surface area contributed by atoms with E-state index in [1.165, 1.54) is 19.2 Å². The topological polar surface area (TPSA) is 38.3 Å². The molecule has 0 aliphatic carbocycles. The molecule has 1 aromatic rings. The zero-order valence-corrected chi connectivity index (χ0v) is 9.67. The fourth-order valence-electron chi connectivity index (χ4n) is 1.31. The van der Waals surface area contributed by atoms with Crippen molar-refractivity contribution < 1.29 is 22.7 Å². The Hall–Kier alpha value is -1.98. The Morgan fingerprint density at radius 3 is 2.67 bits per heavy atom. The van der Waals surface area contributed by atoms with Crippen molar-refractivity contribution in [2.75, 3.05) is 13.7 Å². The van der Waals surface area contributed by atoms with E-state index in [-0.39, 0.29) is 17.9 Å². The lowest BCUT2D eigenvalue weighted by molar-refractivity contribution is -0.138. The predicted molar refractivity (Wildman–Crippen MR) is 60.5 cm³/mol. The molecule has 0 aliphatic rings. The lowest BCUT2D eigenvalue weighted by Gasteiger charge is -2.14. The number of hydrogen-bond donors (Lipinski definition) is 1. The molecule has 1 aromatic carbocycles. The molecule has 1 N–H and O–H groups in total. The molecule has 0 saturated carbocycles. The first-order chi connectivity index (χ1) is 8.40. The van der Waals surface area contributed by atoms with E-state index in [9.17, 15) is 18.0 Å². The van der Waals surface area contributed by atoms with Crippen LogP contribution in [0.3, 0.4) is 0 Å². The Bertz CT molecular complexity index is 455. The molecule has 3 nitrogen and oxygen atoms in total. The van der Waals surface area contributed by atoms with Crippen molar-refractivity contribution in [3.8, 4) is 5.75 Å². The maximum absolute atomic E-state index is 12.8. The van der Waals surface area contributed by atoms with E-state index in [0.29, 0.717) is 0 Å². The second kappa shape index (κ2) is 5.57. The molecule has 6 heteroatoms. The van der Waals surface area contributed by atoms with Crippen molar-refractivity contribution in [1.82, 2.24) is 5.32 Å². The van der Waals surface area contributed by atoms with Crippen molar-refractivity contribution in [3.05, 3.63) is 42.0 Å². The smallest absolute Gasteiger partial charge is 0.419 e. The van der Waals surface area contributed by atoms with E-state index in [1.807, 2.05) is 0 Å². The molecule has 0 bridgehead atoms. The van der Waals surface area contributed by atoms with Gasteiger partial charge in [0.25, 0.3) is 5.91 Å². The second-order valence-corrected chi connectivity index (χ2v) is 3.39. The highest BCUT2D eigenvalue weighted by Crippen LogP contribution is 2.36. The van der Waals surface area contributed by atoms with E-state index >= 15 is 0 Å². The van der Waals surface area contributed by atoms with Crippen molar-refractivity contribution in [2.24, 2.45) is 0 Å². The van der Waals surface area contributed by atoms with Crippen molar-refractivity contribution in [1.29, 1.82) is 0 Å². The first kappa shape index (κ1) is 14.1. The van der Waals surface area contributed by atoms with E-state index < -0.39 is 17.6 Å². The van der Waals surface area contributed by atoms with Gasteiger partial charge in [-0.3, -0.25) is 4.79 Å². The molecule has 0 unspecified atom stereocenters. The summed E-state index contributed by atoms with van der Waals surface area (Å²) in [6.45, 7) is 3.32. The average molecular weight is 259 g/mol. The van der Waals surface area contributed by atoms with Crippen LogP contribution in [0, 0.1) is 0 Å². The minimum Gasteiger partial charge on any atom is -0.489 e. The Morgan fingerprint density at radius 1 is 1.50 bits per heavy atom. The first-order valence-corrected chi connectivity index (χ1v) is 5.07. The minimum absolute atomic E-state index is 0.0393. The van der Waals surface area contributed by atoms with Gasteiger partial charge in [0.2, 0.25) is 0 Å². The molecule has 0 aliphatic heterocycles. The molecule has 0 heterocycles. The Morgan fingerprint density at radius 2 is 2.17 bits per heavy atom. The summed E-state index contributed by atoms with van der Waals surface area (Å²) in [6, 6.07) is 3.15. The molecule has 18 heavy (non-hydrogen) atoms. The van der Waals surface area contributed by atoms with Gasteiger partial charge in [-0.25, -0.2) is 0 Å². The van der Waals surface area contributed by atoms with Gasteiger partial charge in [-0.1, -0.05) is 12.7 Å². The molecule has 0 aromatic heterocycles. The van der Waals surface area contributed by atoms with Crippen LogP contribution in [-0.4, -0.2) is 19.6 Å². The summed E-state index contributed by atoms with van der Waals surface area (Å²) in [7, 11) is 1.34. The number of alkyl halides is 3. The van der Waals surface area contributed by atoms with Gasteiger partial charge in [-0.05, 0) is 18.2 Å². The number of ether oxygens (including phenoxy) is 1. The van der Waals surface area contributed by atoms with Crippen LogP contribution < -0.4 is 10.1 Å². The third-order valence-electron chi connectivity index (χ3n) is 2.13. The highest BCUT2D eigenvalue weighted by Gasteiger charge is 2.35.